The van der Waals surface area contributed by atoms with Gasteiger partial charge in [-0.15, -0.1) is 0 Å². The van der Waals surface area contributed by atoms with Crippen LogP contribution in [-0.2, 0) is 6.54 Å². The van der Waals surface area contributed by atoms with Crippen LogP contribution in [0, 0.1) is 0 Å². The van der Waals surface area contributed by atoms with Gasteiger partial charge in [0, 0.05) is 12.7 Å². The first-order chi connectivity index (χ1) is 5.42. The molecule has 0 aromatic carbocycles. The molecule has 2 aromatic rings. The number of imidazole rings is 1. The molecule has 0 amide bonds. The van der Waals surface area contributed by atoms with Gasteiger partial charge in [-0.1, -0.05) is 0 Å². The molecule has 0 aliphatic rings. The Labute approximate surface area is 64.7 Å². The standard InChI is InChI=1S/C8H9N3/c1-2-11-6-10-7-4-3-5-9-8(7)11/h3-6H,2H2,1H3. The summed E-state index contributed by atoms with van der Waals surface area (Å²) in [5.74, 6) is 0. The highest BCUT2D eigenvalue weighted by Crippen LogP contribution is 2.07. The molecule has 0 aliphatic carbocycles. The predicted molar refractivity (Wildman–Crippen MR) is 43.2 cm³/mol. The Kier molecular flexibility index (Phi) is 1.35. The summed E-state index contributed by atoms with van der Waals surface area (Å²) >= 11 is 0. The van der Waals surface area contributed by atoms with Crippen molar-refractivity contribution in [2.45, 2.75) is 13.5 Å². The van der Waals surface area contributed by atoms with Crippen molar-refractivity contribution in [1.29, 1.82) is 0 Å². The molecule has 0 saturated heterocycles. The van der Waals surface area contributed by atoms with Crippen LogP contribution in [0.25, 0.3) is 11.2 Å². The lowest BCUT2D eigenvalue weighted by atomic mass is 10.4. The van der Waals surface area contributed by atoms with E-state index in [2.05, 4.69) is 16.9 Å². The second-order valence-electron chi connectivity index (χ2n) is 2.38. The summed E-state index contributed by atoms with van der Waals surface area (Å²) in [5.41, 5.74) is 1.93. The topological polar surface area (TPSA) is 30.7 Å². The largest absolute Gasteiger partial charge is 0.316 e. The van der Waals surface area contributed by atoms with Gasteiger partial charge < -0.3 is 4.57 Å². The fraction of sp³-hybridized carbons (Fsp3) is 0.250. The van der Waals surface area contributed by atoms with E-state index in [1.54, 1.807) is 6.20 Å². The number of pyridine rings is 1. The quantitative estimate of drug-likeness (QED) is 0.611. The smallest absolute Gasteiger partial charge is 0.159 e. The van der Waals surface area contributed by atoms with E-state index in [9.17, 15) is 0 Å². The second-order valence-corrected chi connectivity index (χ2v) is 2.38. The molecule has 2 rings (SSSR count). The molecule has 11 heavy (non-hydrogen) atoms. The lowest BCUT2D eigenvalue weighted by molar-refractivity contribution is 0.778. The van der Waals surface area contributed by atoms with Crippen LogP contribution < -0.4 is 0 Å². The maximum absolute atomic E-state index is 4.21. The SMILES string of the molecule is CCn1cnc2cccnc21. The van der Waals surface area contributed by atoms with Gasteiger partial charge >= 0.3 is 0 Å². The monoisotopic (exact) mass is 147 g/mol. The number of aryl methyl sites for hydroxylation is 1. The van der Waals surface area contributed by atoms with Crippen molar-refractivity contribution in [3.05, 3.63) is 24.7 Å². The Hall–Kier alpha value is -1.38. The minimum Gasteiger partial charge on any atom is -0.316 e. The van der Waals surface area contributed by atoms with Crippen LogP contribution in [0.3, 0.4) is 0 Å². The summed E-state index contributed by atoms with van der Waals surface area (Å²) in [6.45, 7) is 3.00. The van der Waals surface area contributed by atoms with Crippen molar-refractivity contribution < 1.29 is 0 Å². The first-order valence-electron chi connectivity index (χ1n) is 3.67. The molecule has 2 heterocycles. The normalized spacial score (nSPS) is 10.6. The van der Waals surface area contributed by atoms with E-state index < -0.39 is 0 Å². The lowest BCUT2D eigenvalue weighted by Crippen LogP contribution is -1.91. The van der Waals surface area contributed by atoms with Gasteiger partial charge in [-0.05, 0) is 19.1 Å². The van der Waals surface area contributed by atoms with E-state index in [1.807, 2.05) is 23.0 Å². The van der Waals surface area contributed by atoms with Crippen LogP contribution in [-0.4, -0.2) is 14.5 Å². The summed E-state index contributed by atoms with van der Waals surface area (Å²) < 4.78 is 2.02. The van der Waals surface area contributed by atoms with Gasteiger partial charge in [-0.2, -0.15) is 0 Å². The molecule has 3 heteroatoms. The molecular formula is C8H9N3. The third kappa shape index (κ3) is 0.888. The number of hydrogen-bond acceptors (Lipinski definition) is 2. The minimum absolute atomic E-state index is 0.924. The number of aromatic nitrogens is 3. The molecule has 0 spiro atoms. The van der Waals surface area contributed by atoms with Crippen molar-refractivity contribution in [3.63, 3.8) is 0 Å². The highest BCUT2D eigenvalue weighted by Gasteiger charge is 1.98. The molecule has 2 aromatic heterocycles. The molecule has 0 bridgehead atoms. The van der Waals surface area contributed by atoms with Gasteiger partial charge in [0.1, 0.15) is 5.52 Å². The van der Waals surface area contributed by atoms with Crippen LogP contribution in [0.1, 0.15) is 6.92 Å². The number of fused-ring (bicyclic) bond motifs is 1. The van der Waals surface area contributed by atoms with E-state index in [1.165, 1.54) is 0 Å². The van der Waals surface area contributed by atoms with E-state index >= 15 is 0 Å². The van der Waals surface area contributed by atoms with E-state index in [-0.39, 0.29) is 0 Å². The molecule has 0 radical (unpaired) electrons. The van der Waals surface area contributed by atoms with Gasteiger partial charge in [0.15, 0.2) is 5.65 Å². The summed E-state index contributed by atoms with van der Waals surface area (Å²) in [6, 6.07) is 3.86. The molecule has 0 fully saturated rings. The van der Waals surface area contributed by atoms with Crippen LogP contribution >= 0.6 is 0 Å². The summed E-state index contributed by atoms with van der Waals surface area (Å²) in [6.07, 6.45) is 3.60. The van der Waals surface area contributed by atoms with E-state index in [4.69, 9.17) is 0 Å². The van der Waals surface area contributed by atoms with Crippen LogP contribution in [0.4, 0.5) is 0 Å². The summed E-state index contributed by atoms with van der Waals surface area (Å²) in [4.78, 5) is 8.40. The maximum atomic E-state index is 4.21. The Morgan fingerprint density at radius 1 is 1.45 bits per heavy atom. The third-order valence-electron chi connectivity index (χ3n) is 1.72. The molecule has 0 saturated carbocycles. The fourth-order valence-corrected chi connectivity index (χ4v) is 1.13. The van der Waals surface area contributed by atoms with Crippen LogP contribution in [0.5, 0.6) is 0 Å². The van der Waals surface area contributed by atoms with Crippen molar-refractivity contribution in [2.75, 3.05) is 0 Å². The zero-order valence-corrected chi connectivity index (χ0v) is 6.36. The van der Waals surface area contributed by atoms with Gasteiger partial charge in [0.2, 0.25) is 0 Å². The Balaban J connectivity index is 2.76. The van der Waals surface area contributed by atoms with Gasteiger partial charge in [-0.3, -0.25) is 0 Å². The molecule has 56 valence electrons. The predicted octanol–water partition coefficient (Wildman–Crippen LogP) is 1.45. The number of nitrogens with zero attached hydrogens (tertiary/aromatic N) is 3. The van der Waals surface area contributed by atoms with Crippen molar-refractivity contribution in [1.82, 2.24) is 14.5 Å². The van der Waals surface area contributed by atoms with Crippen molar-refractivity contribution in [3.8, 4) is 0 Å². The van der Waals surface area contributed by atoms with Gasteiger partial charge in [-0.25, -0.2) is 9.97 Å². The first-order valence-corrected chi connectivity index (χ1v) is 3.67. The van der Waals surface area contributed by atoms with Gasteiger partial charge in [0.25, 0.3) is 0 Å². The van der Waals surface area contributed by atoms with Crippen LogP contribution in [0.15, 0.2) is 24.7 Å². The lowest BCUT2D eigenvalue weighted by Gasteiger charge is -1.94. The minimum atomic E-state index is 0.924. The second kappa shape index (κ2) is 2.34. The van der Waals surface area contributed by atoms with Gasteiger partial charge in [0.05, 0.1) is 6.33 Å². The fourth-order valence-electron chi connectivity index (χ4n) is 1.13. The highest BCUT2D eigenvalue weighted by atomic mass is 15.1. The molecular weight excluding hydrogens is 138 g/mol. The molecule has 3 nitrogen and oxygen atoms in total. The highest BCUT2D eigenvalue weighted by molar-refractivity contribution is 5.69. The molecule has 0 atom stereocenters. The summed E-state index contributed by atoms with van der Waals surface area (Å²) in [5, 5.41) is 0. The number of rotatable bonds is 1. The average Bonchev–Trinajstić information content (AvgIpc) is 2.47. The maximum Gasteiger partial charge on any atom is 0.159 e. The molecule has 0 aliphatic heterocycles. The Morgan fingerprint density at radius 2 is 2.36 bits per heavy atom. The molecule has 0 N–H and O–H groups in total. The zero-order valence-electron chi connectivity index (χ0n) is 6.36. The average molecular weight is 147 g/mol. The van der Waals surface area contributed by atoms with Crippen molar-refractivity contribution in [2.24, 2.45) is 0 Å². The van der Waals surface area contributed by atoms with E-state index in [0.29, 0.717) is 0 Å². The zero-order chi connectivity index (χ0) is 7.68. The summed E-state index contributed by atoms with van der Waals surface area (Å²) in [7, 11) is 0. The van der Waals surface area contributed by atoms with Crippen LogP contribution in [0.2, 0.25) is 0 Å². The van der Waals surface area contributed by atoms with Crippen molar-refractivity contribution >= 4 is 11.2 Å². The molecule has 0 unspecified atom stereocenters. The first kappa shape index (κ1) is 6.34. The Bertz CT molecular complexity index is 364. The number of hydrogen-bond donors (Lipinski definition) is 0. The Morgan fingerprint density at radius 3 is 3.18 bits per heavy atom. The van der Waals surface area contributed by atoms with E-state index in [0.717, 1.165) is 17.7 Å². The third-order valence-corrected chi connectivity index (χ3v) is 1.72.